The van der Waals surface area contributed by atoms with Gasteiger partial charge in [0.05, 0.1) is 12.0 Å². The van der Waals surface area contributed by atoms with Crippen molar-refractivity contribution < 1.29 is 14.6 Å². The standard InChI is InChI=1S/C22H25NO3/c1-13-20-8-19(9-21(13)20)26-18-5-4-15-6-14(2-3-16(15)7-18)10-23-11-17(12-23)22(24)25/h2-7,13,17,19-21H,8-12H2,1H3,(H,24,25)/t13-,19-,20+,21-. The zero-order chi connectivity index (χ0) is 17.8. The van der Waals surface area contributed by atoms with Crippen molar-refractivity contribution in [3.05, 3.63) is 42.0 Å². The number of aliphatic carboxylic acids is 1. The van der Waals surface area contributed by atoms with Crippen LogP contribution < -0.4 is 4.74 Å². The summed E-state index contributed by atoms with van der Waals surface area (Å²) in [5.74, 6) is 2.84. The van der Waals surface area contributed by atoms with Crippen LogP contribution in [0, 0.1) is 23.7 Å². The molecule has 1 N–H and O–H groups in total. The molecule has 136 valence electrons. The molecule has 0 aromatic heterocycles. The Kier molecular flexibility index (Phi) is 3.71. The lowest BCUT2D eigenvalue weighted by Crippen LogP contribution is -2.49. The van der Waals surface area contributed by atoms with Gasteiger partial charge in [-0.25, -0.2) is 0 Å². The van der Waals surface area contributed by atoms with E-state index in [9.17, 15) is 4.79 Å². The van der Waals surface area contributed by atoms with Crippen molar-refractivity contribution in [2.45, 2.75) is 32.4 Å². The lowest BCUT2D eigenvalue weighted by Gasteiger charge is -2.36. The maximum Gasteiger partial charge on any atom is 0.309 e. The van der Waals surface area contributed by atoms with Gasteiger partial charge in [0.2, 0.25) is 0 Å². The zero-order valence-corrected chi connectivity index (χ0v) is 15.1. The highest BCUT2D eigenvalue weighted by atomic mass is 16.5. The Morgan fingerprint density at radius 1 is 1.12 bits per heavy atom. The lowest BCUT2D eigenvalue weighted by molar-refractivity contribution is -0.147. The smallest absolute Gasteiger partial charge is 0.309 e. The number of hydrogen-bond acceptors (Lipinski definition) is 3. The average molecular weight is 351 g/mol. The van der Waals surface area contributed by atoms with Crippen molar-refractivity contribution in [1.82, 2.24) is 4.90 Å². The Bertz CT molecular complexity index is 846. The molecule has 2 aromatic rings. The van der Waals surface area contributed by atoms with Crippen molar-refractivity contribution in [2.24, 2.45) is 23.7 Å². The van der Waals surface area contributed by atoms with E-state index in [0.29, 0.717) is 19.2 Å². The Morgan fingerprint density at radius 3 is 2.54 bits per heavy atom. The second-order valence-corrected chi connectivity index (χ2v) is 8.47. The van der Waals surface area contributed by atoms with E-state index in [1.807, 2.05) is 0 Å². The number of carboxylic acid groups (broad SMARTS) is 1. The van der Waals surface area contributed by atoms with Crippen LogP contribution in [0.4, 0.5) is 0 Å². The third-order valence-electron chi connectivity index (χ3n) is 6.72. The summed E-state index contributed by atoms with van der Waals surface area (Å²) in [4.78, 5) is 13.1. The van der Waals surface area contributed by atoms with Gasteiger partial charge in [-0.3, -0.25) is 9.69 Å². The minimum atomic E-state index is -0.679. The summed E-state index contributed by atoms with van der Waals surface area (Å²) < 4.78 is 6.22. The van der Waals surface area contributed by atoms with Crippen molar-refractivity contribution in [2.75, 3.05) is 13.1 Å². The van der Waals surface area contributed by atoms with Crippen LogP contribution in [0.25, 0.3) is 10.8 Å². The van der Waals surface area contributed by atoms with Crippen LogP contribution in [0.1, 0.15) is 25.3 Å². The van der Waals surface area contributed by atoms with Gasteiger partial charge in [-0.05, 0) is 65.1 Å². The van der Waals surface area contributed by atoms with Crippen LogP contribution in [-0.4, -0.2) is 35.2 Å². The van der Waals surface area contributed by atoms with Gasteiger partial charge in [-0.2, -0.15) is 0 Å². The molecule has 2 aliphatic carbocycles. The quantitative estimate of drug-likeness (QED) is 0.891. The van der Waals surface area contributed by atoms with E-state index in [1.165, 1.54) is 29.2 Å². The molecule has 5 rings (SSSR count). The second kappa shape index (κ2) is 5.98. The normalized spacial score (nSPS) is 30.8. The van der Waals surface area contributed by atoms with Crippen LogP contribution in [0.3, 0.4) is 0 Å². The number of ether oxygens (including phenoxy) is 1. The second-order valence-electron chi connectivity index (χ2n) is 8.47. The van der Waals surface area contributed by atoms with E-state index in [-0.39, 0.29) is 5.92 Å². The SMILES string of the molecule is C[C@H]1[C@H]2C[C@H](Oc3ccc4cc(CN5CC(C(=O)O)C5)ccc4c3)C[C@@H]12. The minimum absolute atomic E-state index is 0.195. The third kappa shape index (κ3) is 2.86. The van der Waals surface area contributed by atoms with Gasteiger partial charge in [0.1, 0.15) is 5.75 Å². The molecule has 3 fully saturated rings. The molecule has 4 heteroatoms. The molecule has 0 unspecified atom stereocenters. The summed E-state index contributed by atoms with van der Waals surface area (Å²) in [7, 11) is 0. The largest absolute Gasteiger partial charge is 0.490 e. The summed E-state index contributed by atoms with van der Waals surface area (Å²) in [6, 6.07) is 12.9. The molecule has 4 nitrogen and oxygen atoms in total. The molecule has 26 heavy (non-hydrogen) atoms. The monoisotopic (exact) mass is 351 g/mol. The summed E-state index contributed by atoms with van der Waals surface area (Å²) in [5.41, 5.74) is 1.24. The van der Waals surface area contributed by atoms with Gasteiger partial charge in [0.15, 0.2) is 0 Å². The molecule has 4 atom stereocenters. The molecule has 2 aromatic carbocycles. The molecule has 3 aliphatic rings. The van der Waals surface area contributed by atoms with Crippen LogP contribution >= 0.6 is 0 Å². The van der Waals surface area contributed by atoms with E-state index in [2.05, 4.69) is 48.2 Å². The summed E-state index contributed by atoms with van der Waals surface area (Å²) >= 11 is 0. The van der Waals surface area contributed by atoms with Crippen molar-refractivity contribution in [3.63, 3.8) is 0 Å². The topological polar surface area (TPSA) is 49.8 Å². The number of carboxylic acids is 1. The molecule has 0 spiro atoms. The van der Waals surface area contributed by atoms with Crippen molar-refractivity contribution in [3.8, 4) is 5.75 Å². The van der Waals surface area contributed by atoms with E-state index < -0.39 is 5.97 Å². The van der Waals surface area contributed by atoms with Crippen LogP contribution in [0.5, 0.6) is 5.75 Å². The fraction of sp³-hybridized carbons (Fsp3) is 0.500. The third-order valence-corrected chi connectivity index (χ3v) is 6.72. The Labute approximate surface area is 153 Å². The number of likely N-dealkylation sites (tertiary alicyclic amines) is 1. The summed E-state index contributed by atoms with van der Waals surface area (Å²) in [6.45, 7) is 4.49. The minimum Gasteiger partial charge on any atom is -0.490 e. The first-order chi connectivity index (χ1) is 12.6. The first-order valence-corrected chi connectivity index (χ1v) is 9.71. The predicted molar refractivity (Wildman–Crippen MR) is 100 cm³/mol. The maximum absolute atomic E-state index is 10.9. The van der Waals surface area contributed by atoms with E-state index >= 15 is 0 Å². The van der Waals surface area contributed by atoms with Gasteiger partial charge < -0.3 is 9.84 Å². The highest BCUT2D eigenvalue weighted by molar-refractivity contribution is 5.84. The molecular formula is C22H25NO3. The van der Waals surface area contributed by atoms with Gasteiger partial charge in [-0.1, -0.05) is 25.1 Å². The summed E-state index contributed by atoms with van der Waals surface area (Å²) in [5, 5.41) is 11.4. The highest BCUT2D eigenvalue weighted by Crippen LogP contribution is 2.57. The number of carbonyl (C=O) groups is 1. The van der Waals surface area contributed by atoms with Crippen LogP contribution in [-0.2, 0) is 11.3 Å². The Balaban J connectivity index is 1.23. The lowest BCUT2D eigenvalue weighted by atomic mass is 9.99. The predicted octanol–water partition coefficient (Wildman–Crippen LogP) is 3.78. The number of rotatable bonds is 5. The van der Waals surface area contributed by atoms with E-state index in [0.717, 1.165) is 30.0 Å². The average Bonchev–Trinajstić information content (AvgIpc) is 3.00. The number of benzene rings is 2. The highest BCUT2D eigenvalue weighted by Gasteiger charge is 2.53. The van der Waals surface area contributed by atoms with Crippen LogP contribution in [0.2, 0.25) is 0 Å². The van der Waals surface area contributed by atoms with E-state index in [1.54, 1.807) is 0 Å². The zero-order valence-electron chi connectivity index (χ0n) is 15.1. The fourth-order valence-electron chi connectivity index (χ4n) is 4.97. The molecule has 2 saturated carbocycles. The molecule has 1 saturated heterocycles. The number of fused-ring (bicyclic) bond motifs is 2. The Hall–Kier alpha value is -2.07. The first kappa shape index (κ1) is 16.1. The van der Waals surface area contributed by atoms with Crippen LogP contribution in [0.15, 0.2) is 36.4 Å². The van der Waals surface area contributed by atoms with Gasteiger partial charge in [0.25, 0.3) is 0 Å². The molecule has 0 bridgehead atoms. The van der Waals surface area contributed by atoms with Gasteiger partial charge in [0, 0.05) is 19.6 Å². The Morgan fingerprint density at radius 2 is 1.81 bits per heavy atom. The first-order valence-electron chi connectivity index (χ1n) is 9.71. The number of hydrogen-bond donors (Lipinski definition) is 1. The molecular weight excluding hydrogens is 326 g/mol. The fourth-order valence-corrected chi connectivity index (χ4v) is 4.97. The molecule has 1 aliphatic heterocycles. The number of nitrogens with zero attached hydrogens (tertiary/aromatic N) is 1. The van der Waals surface area contributed by atoms with Gasteiger partial charge >= 0.3 is 5.97 Å². The van der Waals surface area contributed by atoms with Crippen molar-refractivity contribution in [1.29, 1.82) is 0 Å². The molecule has 0 radical (unpaired) electrons. The maximum atomic E-state index is 10.9. The summed E-state index contributed by atoms with van der Waals surface area (Å²) in [6.07, 6.45) is 2.83. The molecule has 1 heterocycles. The van der Waals surface area contributed by atoms with Crippen molar-refractivity contribution >= 4 is 16.7 Å². The van der Waals surface area contributed by atoms with Gasteiger partial charge in [-0.15, -0.1) is 0 Å². The molecule has 0 amide bonds. The van der Waals surface area contributed by atoms with E-state index in [4.69, 9.17) is 9.84 Å².